The second kappa shape index (κ2) is 4.97. The fourth-order valence-electron chi connectivity index (χ4n) is 1.73. The van der Waals surface area contributed by atoms with E-state index in [-0.39, 0.29) is 23.4 Å². The molecule has 0 aliphatic heterocycles. The second-order valence-electron chi connectivity index (χ2n) is 3.64. The van der Waals surface area contributed by atoms with Gasteiger partial charge >= 0.3 is 5.97 Å². The molecule has 2 aromatic heterocycles. The molecule has 0 saturated heterocycles. The lowest BCUT2D eigenvalue weighted by atomic mass is 10.1. The van der Waals surface area contributed by atoms with E-state index in [2.05, 4.69) is 9.97 Å². The van der Waals surface area contributed by atoms with Gasteiger partial charge in [-0.25, -0.2) is 9.78 Å². The van der Waals surface area contributed by atoms with Gasteiger partial charge in [-0.2, -0.15) is 0 Å². The van der Waals surface area contributed by atoms with Gasteiger partial charge in [0.2, 0.25) is 5.88 Å². The standard InChI is InChI=1S/C12H12N2O5/c1-3-19-12(17)7-9(15)6-4-5-13-11(18-2)8(6)14-10(7)16/h4-5H,3H2,1-2H3,(H2,14,15,16). The Morgan fingerprint density at radius 3 is 2.89 bits per heavy atom. The summed E-state index contributed by atoms with van der Waals surface area (Å²) in [4.78, 5) is 29.8. The Hall–Kier alpha value is -2.57. The van der Waals surface area contributed by atoms with Crippen LogP contribution >= 0.6 is 0 Å². The minimum Gasteiger partial charge on any atom is -0.506 e. The number of fused-ring (bicyclic) bond motifs is 1. The van der Waals surface area contributed by atoms with E-state index >= 15 is 0 Å². The van der Waals surface area contributed by atoms with Crippen molar-refractivity contribution in [2.45, 2.75) is 6.92 Å². The first-order chi connectivity index (χ1) is 9.10. The predicted octanol–water partition coefficient (Wildman–Crippen LogP) is 0.814. The fourth-order valence-corrected chi connectivity index (χ4v) is 1.73. The molecule has 7 nitrogen and oxygen atoms in total. The molecule has 2 rings (SSSR count). The van der Waals surface area contributed by atoms with Gasteiger partial charge in [0.1, 0.15) is 11.3 Å². The Kier molecular flexibility index (Phi) is 3.37. The lowest BCUT2D eigenvalue weighted by Crippen LogP contribution is -2.20. The van der Waals surface area contributed by atoms with Crippen molar-refractivity contribution >= 4 is 16.9 Å². The maximum atomic E-state index is 11.8. The van der Waals surface area contributed by atoms with Crippen LogP contribution in [0.3, 0.4) is 0 Å². The van der Waals surface area contributed by atoms with Crippen LogP contribution in [0.15, 0.2) is 17.1 Å². The van der Waals surface area contributed by atoms with E-state index in [1.165, 1.54) is 19.4 Å². The molecular formula is C12H12N2O5. The van der Waals surface area contributed by atoms with Crippen molar-refractivity contribution in [3.8, 4) is 11.6 Å². The number of esters is 1. The first-order valence-corrected chi connectivity index (χ1v) is 5.55. The van der Waals surface area contributed by atoms with Crippen LogP contribution in [0.4, 0.5) is 0 Å². The fraction of sp³-hybridized carbons (Fsp3) is 0.250. The molecule has 0 aromatic carbocycles. The lowest BCUT2D eigenvalue weighted by Gasteiger charge is -2.08. The third-order valence-electron chi connectivity index (χ3n) is 2.55. The zero-order valence-electron chi connectivity index (χ0n) is 10.4. The number of H-pyrrole nitrogens is 1. The average molecular weight is 264 g/mol. The zero-order chi connectivity index (χ0) is 14.0. The molecule has 0 spiro atoms. The van der Waals surface area contributed by atoms with Crippen LogP contribution in [-0.2, 0) is 4.74 Å². The number of hydrogen-bond acceptors (Lipinski definition) is 6. The molecule has 0 atom stereocenters. The van der Waals surface area contributed by atoms with Crippen LogP contribution in [0.25, 0.3) is 10.9 Å². The van der Waals surface area contributed by atoms with Crippen LogP contribution in [0.5, 0.6) is 11.6 Å². The molecule has 0 bridgehead atoms. The van der Waals surface area contributed by atoms with Crippen LogP contribution in [0.1, 0.15) is 17.3 Å². The van der Waals surface area contributed by atoms with Gasteiger partial charge in [0, 0.05) is 11.6 Å². The maximum Gasteiger partial charge on any atom is 0.347 e. The third kappa shape index (κ3) is 2.10. The molecule has 2 heterocycles. The van der Waals surface area contributed by atoms with Crippen LogP contribution in [-0.4, -0.2) is 34.8 Å². The van der Waals surface area contributed by atoms with Gasteiger partial charge in [-0.05, 0) is 13.0 Å². The number of ether oxygens (including phenoxy) is 2. The number of rotatable bonds is 3. The van der Waals surface area contributed by atoms with Gasteiger partial charge in [-0.3, -0.25) is 4.79 Å². The summed E-state index contributed by atoms with van der Waals surface area (Å²) < 4.78 is 9.71. The molecule has 2 aromatic rings. The van der Waals surface area contributed by atoms with E-state index in [1.54, 1.807) is 6.92 Å². The highest BCUT2D eigenvalue weighted by atomic mass is 16.5. The van der Waals surface area contributed by atoms with E-state index < -0.39 is 22.8 Å². The van der Waals surface area contributed by atoms with Gasteiger partial charge < -0.3 is 19.6 Å². The summed E-state index contributed by atoms with van der Waals surface area (Å²) in [6, 6.07) is 1.46. The predicted molar refractivity (Wildman–Crippen MR) is 66.5 cm³/mol. The smallest absolute Gasteiger partial charge is 0.347 e. The number of aromatic nitrogens is 2. The molecule has 19 heavy (non-hydrogen) atoms. The lowest BCUT2D eigenvalue weighted by molar-refractivity contribution is 0.0521. The van der Waals surface area contributed by atoms with E-state index in [1.807, 2.05) is 0 Å². The monoisotopic (exact) mass is 264 g/mol. The summed E-state index contributed by atoms with van der Waals surface area (Å²) in [5.41, 5.74) is -0.960. The second-order valence-corrected chi connectivity index (χ2v) is 3.64. The summed E-state index contributed by atoms with van der Waals surface area (Å²) >= 11 is 0. The topological polar surface area (TPSA) is 102 Å². The molecule has 0 aliphatic rings. The van der Waals surface area contributed by atoms with Crippen molar-refractivity contribution in [1.29, 1.82) is 0 Å². The Balaban J connectivity index is 2.77. The van der Waals surface area contributed by atoms with Gasteiger partial charge in [0.25, 0.3) is 5.56 Å². The van der Waals surface area contributed by atoms with Crippen molar-refractivity contribution in [2.75, 3.05) is 13.7 Å². The summed E-state index contributed by atoms with van der Waals surface area (Å²) in [5.74, 6) is -1.17. The minimum atomic E-state index is -0.876. The summed E-state index contributed by atoms with van der Waals surface area (Å²) in [6.45, 7) is 1.71. The normalized spacial score (nSPS) is 10.4. The number of carbonyl (C=O) groups is 1. The molecule has 0 radical (unpaired) electrons. The number of pyridine rings is 2. The van der Waals surface area contributed by atoms with Crippen LogP contribution < -0.4 is 10.3 Å². The van der Waals surface area contributed by atoms with Gasteiger partial charge in [0.05, 0.1) is 13.7 Å². The average Bonchev–Trinajstić information content (AvgIpc) is 2.38. The highest BCUT2D eigenvalue weighted by Gasteiger charge is 2.21. The SMILES string of the molecule is CCOC(=O)c1c(O)c2ccnc(OC)c2[nH]c1=O. The molecule has 0 saturated carbocycles. The zero-order valence-corrected chi connectivity index (χ0v) is 10.4. The molecule has 0 unspecified atom stereocenters. The van der Waals surface area contributed by atoms with E-state index in [0.29, 0.717) is 0 Å². The number of nitrogens with one attached hydrogen (secondary N) is 1. The Labute approximate surface area is 107 Å². The molecular weight excluding hydrogens is 252 g/mol. The summed E-state index contributed by atoms with van der Waals surface area (Å²) in [5, 5.41) is 10.3. The molecule has 100 valence electrons. The van der Waals surface area contributed by atoms with Crippen molar-refractivity contribution < 1.29 is 19.4 Å². The first-order valence-electron chi connectivity index (χ1n) is 5.55. The van der Waals surface area contributed by atoms with Crippen LogP contribution in [0.2, 0.25) is 0 Å². The number of methoxy groups -OCH3 is 1. The highest BCUT2D eigenvalue weighted by molar-refractivity contribution is 6.00. The van der Waals surface area contributed by atoms with Crippen molar-refractivity contribution in [2.24, 2.45) is 0 Å². The largest absolute Gasteiger partial charge is 0.506 e. The Bertz CT molecular complexity index is 692. The molecule has 0 fully saturated rings. The Morgan fingerprint density at radius 1 is 1.53 bits per heavy atom. The minimum absolute atomic E-state index is 0.107. The first kappa shape index (κ1) is 12.9. The van der Waals surface area contributed by atoms with Crippen LogP contribution in [0, 0.1) is 0 Å². The summed E-state index contributed by atoms with van der Waals surface area (Å²) in [6.07, 6.45) is 1.40. The maximum absolute atomic E-state index is 11.8. The highest BCUT2D eigenvalue weighted by Crippen LogP contribution is 2.29. The van der Waals surface area contributed by atoms with E-state index in [0.717, 1.165) is 0 Å². The third-order valence-corrected chi connectivity index (χ3v) is 2.55. The van der Waals surface area contributed by atoms with E-state index in [4.69, 9.17) is 9.47 Å². The molecule has 0 amide bonds. The number of aromatic hydroxyl groups is 1. The molecule has 7 heteroatoms. The number of aromatic amines is 1. The van der Waals surface area contributed by atoms with Gasteiger partial charge in [0.15, 0.2) is 5.56 Å². The number of carbonyl (C=O) groups excluding carboxylic acids is 1. The van der Waals surface area contributed by atoms with E-state index in [9.17, 15) is 14.7 Å². The van der Waals surface area contributed by atoms with Gasteiger partial charge in [-0.1, -0.05) is 0 Å². The number of nitrogens with zero attached hydrogens (tertiary/aromatic N) is 1. The quantitative estimate of drug-likeness (QED) is 0.795. The van der Waals surface area contributed by atoms with Crippen molar-refractivity contribution in [1.82, 2.24) is 9.97 Å². The van der Waals surface area contributed by atoms with Crippen molar-refractivity contribution in [3.63, 3.8) is 0 Å². The van der Waals surface area contributed by atoms with Crippen molar-refractivity contribution in [3.05, 3.63) is 28.2 Å². The molecule has 0 aliphatic carbocycles. The van der Waals surface area contributed by atoms with Gasteiger partial charge in [-0.15, -0.1) is 0 Å². The molecule has 2 N–H and O–H groups in total. The summed E-state index contributed by atoms with van der Waals surface area (Å²) in [7, 11) is 1.39. The Morgan fingerprint density at radius 2 is 2.26 bits per heavy atom. The number of hydrogen-bond donors (Lipinski definition) is 2.